The normalized spacial score (nSPS) is 15.4. The zero-order valence-electron chi connectivity index (χ0n) is 16.5. The zero-order chi connectivity index (χ0) is 21.7. The second kappa shape index (κ2) is 9.04. The molecule has 1 aliphatic rings. The maximum Gasteiger partial charge on any atom is 0.344 e. The van der Waals surface area contributed by atoms with E-state index in [9.17, 15) is 19.2 Å². The number of benzene rings is 2. The molecule has 0 unspecified atom stereocenters. The van der Waals surface area contributed by atoms with Crippen molar-refractivity contribution >= 4 is 35.6 Å². The average Bonchev–Trinajstić information content (AvgIpc) is 2.70. The van der Waals surface area contributed by atoms with Gasteiger partial charge in [0.25, 0.3) is 11.8 Å². The van der Waals surface area contributed by atoms with Gasteiger partial charge in [0.2, 0.25) is 0 Å². The summed E-state index contributed by atoms with van der Waals surface area (Å²) in [5, 5.41) is 2.17. The number of rotatable bonds is 6. The molecular formula is C22H20N2O6. The molecule has 1 N–H and O–H groups in total. The number of carbonyl (C=O) groups is 4. The fraction of sp³-hybridized carbons (Fsp3) is 0.182. The molecule has 4 amide bonds. The van der Waals surface area contributed by atoms with E-state index in [1.54, 1.807) is 68.4 Å². The second-order valence-corrected chi connectivity index (χ2v) is 6.69. The number of nitrogens with one attached hydrogen (secondary N) is 1. The van der Waals surface area contributed by atoms with Crippen LogP contribution in [0.3, 0.4) is 0 Å². The van der Waals surface area contributed by atoms with Crippen molar-refractivity contribution in [2.24, 2.45) is 0 Å². The predicted molar refractivity (Wildman–Crippen MR) is 109 cm³/mol. The summed E-state index contributed by atoms with van der Waals surface area (Å²) in [6.07, 6.45) is 1.16. The minimum absolute atomic E-state index is 0.173. The van der Waals surface area contributed by atoms with Crippen LogP contribution in [-0.4, -0.2) is 36.5 Å². The van der Waals surface area contributed by atoms with Gasteiger partial charge in [0.1, 0.15) is 11.3 Å². The van der Waals surface area contributed by atoms with Crippen LogP contribution in [0.15, 0.2) is 60.2 Å². The summed E-state index contributed by atoms with van der Waals surface area (Å²) in [7, 11) is 0. The van der Waals surface area contributed by atoms with Gasteiger partial charge in [0, 0.05) is 0 Å². The van der Waals surface area contributed by atoms with E-state index in [1.165, 1.54) is 6.08 Å². The minimum atomic E-state index is -0.801. The Balaban J connectivity index is 1.75. The van der Waals surface area contributed by atoms with E-state index < -0.39 is 23.8 Å². The standard InChI is InChI=1S/C22H20N2O6/c1-14(2)30-19(25)13-29-17-10-8-15(9-11-17)12-18-20(26)23-22(28)24(21(18)27)16-6-4-3-5-7-16/h3-12,14H,13H2,1-2H3,(H,23,26,28)/b18-12+. The zero-order valence-corrected chi connectivity index (χ0v) is 16.5. The minimum Gasteiger partial charge on any atom is -0.482 e. The molecule has 0 bridgehead atoms. The van der Waals surface area contributed by atoms with E-state index in [4.69, 9.17) is 9.47 Å². The Labute approximate surface area is 173 Å². The van der Waals surface area contributed by atoms with Crippen LogP contribution in [0.1, 0.15) is 19.4 Å². The van der Waals surface area contributed by atoms with Crippen molar-refractivity contribution in [2.75, 3.05) is 11.5 Å². The van der Waals surface area contributed by atoms with E-state index in [1.807, 2.05) is 0 Å². The molecule has 0 aliphatic carbocycles. The fourth-order valence-corrected chi connectivity index (χ4v) is 2.74. The number of esters is 1. The first-order valence-electron chi connectivity index (χ1n) is 9.24. The van der Waals surface area contributed by atoms with Crippen molar-refractivity contribution in [2.45, 2.75) is 20.0 Å². The number of hydrogen-bond acceptors (Lipinski definition) is 6. The van der Waals surface area contributed by atoms with Crippen molar-refractivity contribution in [1.82, 2.24) is 5.32 Å². The number of amides is 4. The monoisotopic (exact) mass is 408 g/mol. The van der Waals surface area contributed by atoms with Crippen molar-refractivity contribution in [1.29, 1.82) is 0 Å². The first-order chi connectivity index (χ1) is 14.3. The van der Waals surface area contributed by atoms with Crippen LogP contribution in [0.25, 0.3) is 6.08 Å². The molecular weight excluding hydrogens is 388 g/mol. The van der Waals surface area contributed by atoms with Crippen LogP contribution in [0, 0.1) is 0 Å². The third kappa shape index (κ3) is 4.91. The van der Waals surface area contributed by atoms with E-state index in [0.717, 1.165) is 4.90 Å². The first-order valence-corrected chi connectivity index (χ1v) is 9.24. The number of carbonyl (C=O) groups excluding carboxylic acids is 4. The van der Waals surface area contributed by atoms with Crippen LogP contribution < -0.4 is 15.0 Å². The first kappa shape index (κ1) is 20.8. The van der Waals surface area contributed by atoms with E-state index in [-0.39, 0.29) is 18.3 Å². The largest absolute Gasteiger partial charge is 0.482 e. The average molecular weight is 408 g/mol. The topological polar surface area (TPSA) is 102 Å². The highest BCUT2D eigenvalue weighted by molar-refractivity contribution is 6.39. The lowest BCUT2D eigenvalue weighted by Gasteiger charge is -2.26. The molecule has 8 heteroatoms. The number of barbiturate groups is 1. The molecule has 30 heavy (non-hydrogen) atoms. The molecule has 3 rings (SSSR count). The van der Waals surface area contributed by atoms with Gasteiger partial charge in [-0.25, -0.2) is 14.5 Å². The molecule has 2 aromatic carbocycles. The number of imide groups is 2. The van der Waals surface area contributed by atoms with Crippen LogP contribution in [0.5, 0.6) is 5.75 Å². The van der Waals surface area contributed by atoms with Gasteiger partial charge in [-0.2, -0.15) is 0 Å². The third-order valence-electron chi connectivity index (χ3n) is 4.03. The van der Waals surface area contributed by atoms with Crippen molar-refractivity contribution in [3.63, 3.8) is 0 Å². The number of ether oxygens (including phenoxy) is 2. The highest BCUT2D eigenvalue weighted by Crippen LogP contribution is 2.22. The second-order valence-electron chi connectivity index (χ2n) is 6.69. The molecule has 1 saturated heterocycles. The Morgan fingerprint density at radius 3 is 2.33 bits per heavy atom. The summed E-state index contributed by atoms with van der Waals surface area (Å²) >= 11 is 0. The van der Waals surface area contributed by atoms with E-state index in [2.05, 4.69) is 5.32 Å². The molecule has 2 aromatic rings. The summed E-state index contributed by atoms with van der Waals surface area (Å²) < 4.78 is 10.3. The molecule has 154 valence electrons. The summed E-state index contributed by atoms with van der Waals surface area (Å²) in [6.45, 7) is 3.26. The molecule has 8 nitrogen and oxygen atoms in total. The van der Waals surface area contributed by atoms with Gasteiger partial charge in [-0.15, -0.1) is 0 Å². The molecule has 0 saturated carbocycles. The maximum atomic E-state index is 12.8. The molecule has 1 fully saturated rings. The van der Waals surface area contributed by atoms with Crippen LogP contribution in [0.4, 0.5) is 10.5 Å². The number of para-hydroxylation sites is 1. The Bertz CT molecular complexity index is 996. The summed E-state index contributed by atoms with van der Waals surface area (Å²) in [5.74, 6) is -1.54. The number of urea groups is 1. The Kier molecular flexibility index (Phi) is 6.26. The summed E-state index contributed by atoms with van der Waals surface area (Å²) in [5.41, 5.74) is 0.732. The van der Waals surface area contributed by atoms with Gasteiger partial charge in [0.15, 0.2) is 6.61 Å². The van der Waals surface area contributed by atoms with Crippen molar-refractivity contribution in [3.8, 4) is 5.75 Å². The van der Waals surface area contributed by atoms with Crippen LogP contribution >= 0.6 is 0 Å². The maximum absolute atomic E-state index is 12.8. The van der Waals surface area contributed by atoms with Gasteiger partial charge in [-0.1, -0.05) is 30.3 Å². The fourth-order valence-electron chi connectivity index (χ4n) is 2.74. The Morgan fingerprint density at radius 2 is 1.70 bits per heavy atom. The lowest BCUT2D eigenvalue weighted by molar-refractivity contribution is -0.149. The molecule has 0 spiro atoms. The summed E-state index contributed by atoms with van der Waals surface area (Å²) in [4.78, 5) is 49.6. The van der Waals surface area contributed by atoms with E-state index >= 15 is 0 Å². The molecule has 0 radical (unpaired) electrons. The van der Waals surface area contributed by atoms with Crippen LogP contribution in [-0.2, 0) is 19.1 Å². The molecule has 1 aliphatic heterocycles. The lowest BCUT2D eigenvalue weighted by atomic mass is 10.1. The molecule has 1 heterocycles. The van der Waals surface area contributed by atoms with Gasteiger partial charge in [0.05, 0.1) is 11.8 Å². The van der Waals surface area contributed by atoms with Crippen LogP contribution in [0.2, 0.25) is 0 Å². The van der Waals surface area contributed by atoms with Gasteiger partial charge < -0.3 is 9.47 Å². The molecule has 0 aromatic heterocycles. The highest BCUT2D eigenvalue weighted by Gasteiger charge is 2.36. The third-order valence-corrected chi connectivity index (χ3v) is 4.03. The van der Waals surface area contributed by atoms with Gasteiger partial charge in [-0.3, -0.25) is 14.9 Å². The lowest BCUT2D eigenvalue weighted by Crippen LogP contribution is -2.54. The smallest absolute Gasteiger partial charge is 0.344 e. The van der Waals surface area contributed by atoms with Crippen molar-refractivity contribution < 1.29 is 28.7 Å². The van der Waals surface area contributed by atoms with Crippen molar-refractivity contribution in [3.05, 3.63) is 65.7 Å². The SMILES string of the molecule is CC(C)OC(=O)COc1ccc(/C=C2\C(=O)NC(=O)N(c3ccccc3)C2=O)cc1. The van der Waals surface area contributed by atoms with E-state index in [0.29, 0.717) is 17.0 Å². The number of hydrogen-bond donors (Lipinski definition) is 1. The van der Waals surface area contributed by atoms with Gasteiger partial charge >= 0.3 is 12.0 Å². The number of nitrogens with zero attached hydrogens (tertiary/aromatic N) is 1. The molecule has 0 atom stereocenters. The van der Waals surface area contributed by atoms with Gasteiger partial charge in [-0.05, 0) is 49.8 Å². The highest BCUT2D eigenvalue weighted by atomic mass is 16.6. The predicted octanol–water partition coefficient (Wildman–Crippen LogP) is 2.68. The Hall–Kier alpha value is -3.94. The Morgan fingerprint density at radius 1 is 1.03 bits per heavy atom. The quantitative estimate of drug-likeness (QED) is 0.448. The summed E-state index contributed by atoms with van der Waals surface area (Å²) in [6, 6.07) is 14.0. The number of anilines is 1.